The Labute approximate surface area is 95.4 Å². The monoisotopic (exact) mass is 247 g/mol. The van der Waals surface area contributed by atoms with Crippen molar-refractivity contribution >= 4 is 11.6 Å². The Morgan fingerprint density at radius 2 is 2.06 bits per heavy atom. The number of benzene rings is 1. The molecule has 0 aliphatic rings. The van der Waals surface area contributed by atoms with Crippen LogP contribution >= 0.6 is 0 Å². The van der Waals surface area contributed by atoms with E-state index in [9.17, 15) is 23.2 Å². The molecule has 0 aliphatic carbocycles. The van der Waals surface area contributed by atoms with E-state index < -0.39 is 11.7 Å². The first-order chi connectivity index (χ1) is 7.84. The molecule has 17 heavy (non-hydrogen) atoms. The van der Waals surface area contributed by atoms with Gasteiger partial charge in [0.2, 0.25) is 5.91 Å². The molecule has 0 fully saturated rings. The number of nitrogens with one attached hydrogen (secondary N) is 2. The van der Waals surface area contributed by atoms with E-state index in [-0.39, 0.29) is 18.1 Å². The summed E-state index contributed by atoms with van der Waals surface area (Å²) in [5.74, 6) is -0.332. The average molecular weight is 247 g/mol. The van der Waals surface area contributed by atoms with Crippen molar-refractivity contribution in [1.29, 1.82) is 0 Å². The summed E-state index contributed by atoms with van der Waals surface area (Å²) in [6, 6.07) is 2.72. The predicted molar refractivity (Wildman–Crippen MR) is 56.0 cm³/mol. The molecule has 1 amide bonds. The average Bonchev–Trinajstić information content (AvgIpc) is 2.24. The smallest absolute Gasteiger partial charge is 0.416 e. The van der Waals surface area contributed by atoms with Gasteiger partial charge in [-0.15, -0.1) is 0 Å². The largest absolute Gasteiger partial charge is 0.761 e. The van der Waals surface area contributed by atoms with Crippen LogP contribution in [0.1, 0.15) is 18.1 Å². The van der Waals surface area contributed by atoms with Gasteiger partial charge in [0.25, 0.3) is 0 Å². The molecule has 7 heteroatoms. The molecular weight excluding hydrogens is 237 g/mol. The van der Waals surface area contributed by atoms with Gasteiger partial charge in [0.05, 0.1) is 5.56 Å². The van der Waals surface area contributed by atoms with E-state index in [0.29, 0.717) is 11.6 Å². The van der Waals surface area contributed by atoms with Crippen LogP contribution in [-0.2, 0) is 17.5 Å². The van der Waals surface area contributed by atoms with Crippen LogP contribution in [0.15, 0.2) is 18.2 Å². The first-order valence-corrected chi connectivity index (χ1v) is 4.67. The first kappa shape index (κ1) is 13.3. The summed E-state index contributed by atoms with van der Waals surface area (Å²) < 4.78 is 37.1. The highest BCUT2D eigenvalue weighted by Gasteiger charge is 2.30. The number of anilines is 1. The number of carbonyl (C=O) groups is 1. The third-order valence-electron chi connectivity index (χ3n) is 2.07. The quantitative estimate of drug-likeness (QED) is 0.805. The van der Waals surface area contributed by atoms with Crippen LogP contribution in [0.2, 0.25) is 0 Å². The Hall–Kier alpha value is -1.76. The van der Waals surface area contributed by atoms with E-state index in [1.165, 1.54) is 12.4 Å². The van der Waals surface area contributed by atoms with Gasteiger partial charge in [-0.25, -0.2) is 0 Å². The zero-order valence-corrected chi connectivity index (χ0v) is 8.89. The van der Waals surface area contributed by atoms with Crippen LogP contribution in [-0.4, -0.2) is 5.91 Å². The van der Waals surface area contributed by atoms with Crippen molar-refractivity contribution in [3.05, 3.63) is 34.5 Å². The number of amides is 1. The SMILES string of the molecule is CC(=O)NCc1ccc(C(F)(F)F)cc1N[O-]. The van der Waals surface area contributed by atoms with Gasteiger partial charge in [-0.05, 0) is 17.7 Å². The van der Waals surface area contributed by atoms with Gasteiger partial charge in [-0.1, -0.05) is 6.07 Å². The van der Waals surface area contributed by atoms with Gasteiger partial charge in [-0.2, -0.15) is 13.2 Å². The highest BCUT2D eigenvalue weighted by atomic mass is 19.4. The Kier molecular flexibility index (Phi) is 3.95. The van der Waals surface area contributed by atoms with E-state index in [2.05, 4.69) is 5.32 Å². The van der Waals surface area contributed by atoms with Crippen molar-refractivity contribution < 1.29 is 18.0 Å². The van der Waals surface area contributed by atoms with Gasteiger partial charge in [0, 0.05) is 19.2 Å². The standard InChI is InChI=1S/C10H10F3N2O2/c1-6(16)14-5-7-2-3-8(10(11,12)13)4-9(7)15-17/h2-4,15H,5H2,1H3,(H,14,16)/q-1. The molecule has 0 bridgehead atoms. The van der Waals surface area contributed by atoms with Crippen molar-refractivity contribution in [1.82, 2.24) is 5.32 Å². The van der Waals surface area contributed by atoms with Crippen LogP contribution in [0.5, 0.6) is 0 Å². The molecular formula is C10H10F3N2O2-. The van der Waals surface area contributed by atoms with E-state index in [4.69, 9.17) is 0 Å². The molecule has 0 saturated carbocycles. The number of carbonyl (C=O) groups excluding carboxylic acids is 1. The first-order valence-electron chi connectivity index (χ1n) is 4.67. The molecule has 94 valence electrons. The second kappa shape index (κ2) is 5.05. The Morgan fingerprint density at radius 3 is 2.53 bits per heavy atom. The molecule has 0 radical (unpaired) electrons. The summed E-state index contributed by atoms with van der Waals surface area (Å²) in [5.41, 5.74) is 0.610. The molecule has 0 aromatic heterocycles. The van der Waals surface area contributed by atoms with Gasteiger partial charge < -0.3 is 16.0 Å². The van der Waals surface area contributed by atoms with Gasteiger partial charge in [0.1, 0.15) is 0 Å². The van der Waals surface area contributed by atoms with Gasteiger partial charge >= 0.3 is 6.18 Å². The van der Waals surface area contributed by atoms with Crippen molar-refractivity contribution in [2.75, 3.05) is 5.48 Å². The van der Waals surface area contributed by atoms with E-state index >= 15 is 0 Å². The van der Waals surface area contributed by atoms with Crippen molar-refractivity contribution in [2.45, 2.75) is 19.6 Å². The number of hydrogen-bond acceptors (Lipinski definition) is 3. The molecule has 4 nitrogen and oxygen atoms in total. The zero-order valence-electron chi connectivity index (χ0n) is 8.89. The van der Waals surface area contributed by atoms with Crippen LogP contribution in [0, 0.1) is 5.21 Å². The summed E-state index contributed by atoms with van der Waals surface area (Å²) in [6.45, 7) is 1.27. The molecule has 0 aliphatic heterocycles. The Morgan fingerprint density at radius 1 is 1.41 bits per heavy atom. The zero-order chi connectivity index (χ0) is 13.1. The van der Waals surface area contributed by atoms with Gasteiger partial charge in [0.15, 0.2) is 0 Å². The van der Waals surface area contributed by atoms with Crippen LogP contribution in [0.3, 0.4) is 0 Å². The van der Waals surface area contributed by atoms with E-state index in [1.54, 1.807) is 0 Å². The molecule has 0 saturated heterocycles. The number of hydrogen-bond donors (Lipinski definition) is 2. The Balaban J connectivity index is 2.97. The minimum atomic E-state index is -4.50. The lowest BCUT2D eigenvalue weighted by Gasteiger charge is -2.17. The topological polar surface area (TPSA) is 64.2 Å². The summed E-state index contributed by atoms with van der Waals surface area (Å²) >= 11 is 0. The normalized spacial score (nSPS) is 11.1. The van der Waals surface area contributed by atoms with Crippen molar-refractivity contribution in [3.8, 4) is 0 Å². The van der Waals surface area contributed by atoms with Crippen molar-refractivity contribution in [2.24, 2.45) is 0 Å². The predicted octanol–water partition coefficient (Wildman–Crippen LogP) is 2.25. The second-order valence-electron chi connectivity index (χ2n) is 3.38. The third kappa shape index (κ3) is 3.63. The second-order valence-corrected chi connectivity index (χ2v) is 3.38. The maximum absolute atomic E-state index is 12.4. The molecule has 0 heterocycles. The molecule has 0 atom stereocenters. The lowest BCUT2D eigenvalue weighted by molar-refractivity contribution is -0.137. The fraction of sp³-hybridized carbons (Fsp3) is 0.300. The lowest BCUT2D eigenvalue weighted by Crippen LogP contribution is -2.19. The number of rotatable bonds is 3. The van der Waals surface area contributed by atoms with Crippen molar-refractivity contribution in [3.63, 3.8) is 0 Å². The fourth-order valence-corrected chi connectivity index (χ4v) is 1.22. The molecule has 1 aromatic rings. The lowest BCUT2D eigenvalue weighted by atomic mass is 10.1. The maximum atomic E-state index is 12.4. The highest BCUT2D eigenvalue weighted by Crippen LogP contribution is 2.32. The van der Waals surface area contributed by atoms with E-state index in [1.807, 2.05) is 0 Å². The molecule has 2 N–H and O–H groups in total. The minimum absolute atomic E-state index is 0.00194. The van der Waals surface area contributed by atoms with Gasteiger partial charge in [-0.3, -0.25) is 4.79 Å². The molecule has 0 spiro atoms. The highest BCUT2D eigenvalue weighted by molar-refractivity contribution is 5.73. The third-order valence-corrected chi connectivity index (χ3v) is 2.07. The maximum Gasteiger partial charge on any atom is 0.416 e. The summed E-state index contributed by atoms with van der Waals surface area (Å²) in [6.07, 6.45) is -4.50. The minimum Gasteiger partial charge on any atom is -0.761 e. The number of halogens is 3. The summed E-state index contributed by atoms with van der Waals surface area (Å²) in [7, 11) is 0. The molecule has 1 aromatic carbocycles. The molecule has 1 rings (SSSR count). The Bertz CT molecular complexity index is 419. The van der Waals surface area contributed by atoms with Crippen LogP contribution in [0.25, 0.3) is 0 Å². The summed E-state index contributed by atoms with van der Waals surface area (Å²) in [5, 5.41) is 12.9. The van der Waals surface area contributed by atoms with Crippen LogP contribution < -0.4 is 10.8 Å². The molecule has 0 unspecified atom stereocenters. The van der Waals surface area contributed by atoms with E-state index in [0.717, 1.165) is 12.1 Å². The summed E-state index contributed by atoms with van der Waals surface area (Å²) in [4.78, 5) is 10.7. The number of alkyl halides is 3. The fourth-order valence-electron chi connectivity index (χ4n) is 1.22. The van der Waals surface area contributed by atoms with Crippen LogP contribution in [0.4, 0.5) is 18.9 Å².